The number of ether oxygens (including phenoxy) is 3. The van der Waals surface area contributed by atoms with Gasteiger partial charge in [-0.3, -0.25) is 0 Å². The summed E-state index contributed by atoms with van der Waals surface area (Å²) in [6.07, 6.45) is 1.59. The average molecular weight is 361 g/mol. The Labute approximate surface area is 146 Å². The molecule has 0 unspecified atom stereocenters. The maximum absolute atomic E-state index is 12.6. The topological polar surface area (TPSA) is 73.9 Å². The first-order valence-corrected chi connectivity index (χ1v) is 9.64. The van der Waals surface area contributed by atoms with Crippen LogP contribution in [-0.4, -0.2) is 28.7 Å². The molecule has 1 N–H and O–H groups in total. The Hall–Kier alpha value is -2.25. The molecule has 25 heavy (non-hydrogen) atoms. The lowest BCUT2D eigenvalue weighted by Crippen LogP contribution is -2.24. The summed E-state index contributed by atoms with van der Waals surface area (Å²) in [6.45, 7) is 1.43. The highest BCUT2D eigenvalue weighted by Gasteiger charge is 2.27. The number of sulfonamides is 1. The molecule has 2 aromatic rings. The van der Waals surface area contributed by atoms with E-state index >= 15 is 0 Å². The zero-order valence-corrected chi connectivity index (χ0v) is 14.7. The number of hydrogen-bond acceptors (Lipinski definition) is 5. The lowest BCUT2D eigenvalue weighted by atomic mass is 10.00. The summed E-state index contributed by atoms with van der Waals surface area (Å²) in [4.78, 5) is 0.203. The molecule has 0 saturated carbocycles. The fraction of sp³-hybridized carbons (Fsp3) is 0.333. The molecule has 0 radical (unpaired) electrons. The van der Waals surface area contributed by atoms with Crippen LogP contribution >= 0.6 is 0 Å². The molecule has 2 aliphatic rings. The molecule has 2 aromatic carbocycles. The first kappa shape index (κ1) is 16.2. The summed E-state index contributed by atoms with van der Waals surface area (Å²) in [5.41, 5.74) is 3.01. The normalized spacial score (nSPS) is 15.2. The lowest BCUT2D eigenvalue weighted by Gasteiger charge is -2.14. The molecule has 0 amide bonds. The summed E-state index contributed by atoms with van der Waals surface area (Å²) >= 11 is 0. The minimum atomic E-state index is -3.62. The van der Waals surface area contributed by atoms with Crippen molar-refractivity contribution in [2.24, 2.45) is 0 Å². The highest BCUT2D eigenvalue weighted by atomic mass is 32.2. The van der Waals surface area contributed by atoms with E-state index in [9.17, 15) is 8.42 Å². The molecular weight excluding hydrogens is 342 g/mol. The zero-order chi connectivity index (χ0) is 17.4. The average Bonchev–Trinajstić information content (AvgIpc) is 3.27. The van der Waals surface area contributed by atoms with E-state index in [-0.39, 0.29) is 11.4 Å². The highest BCUT2D eigenvalue weighted by molar-refractivity contribution is 7.89. The van der Waals surface area contributed by atoms with E-state index in [2.05, 4.69) is 4.72 Å². The molecule has 2 aliphatic heterocycles. The van der Waals surface area contributed by atoms with Crippen LogP contribution in [0.1, 0.15) is 16.7 Å². The van der Waals surface area contributed by atoms with Crippen molar-refractivity contribution in [3.05, 3.63) is 47.0 Å². The second-order valence-corrected chi connectivity index (χ2v) is 7.78. The van der Waals surface area contributed by atoms with E-state index in [0.717, 1.165) is 41.0 Å². The predicted molar refractivity (Wildman–Crippen MR) is 91.9 cm³/mol. The molecule has 6 nitrogen and oxygen atoms in total. The number of hydrogen-bond donors (Lipinski definition) is 1. The van der Waals surface area contributed by atoms with Crippen LogP contribution in [0.15, 0.2) is 35.2 Å². The van der Waals surface area contributed by atoms with E-state index in [0.29, 0.717) is 19.0 Å². The molecule has 4 rings (SSSR count). The molecule has 0 aliphatic carbocycles. The van der Waals surface area contributed by atoms with Gasteiger partial charge < -0.3 is 14.2 Å². The second-order valence-electron chi connectivity index (χ2n) is 6.02. The van der Waals surface area contributed by atoms with Gasteiger partial charge in [-0.1, -0.05) is 0 Å². The lowest BCUT2D eigenvalue weighted by molar-refractivity contribution is 0.352. The molecule has 7 heteroatoms. The van der Waals surface area contributed by atoms with Gasteiger partial charge in [0.1, 0.15) is 17.2 Å². The maximum Gasteiger partial charge on any atom is 0.240 e. The van der Waals surface area contributed by atoms with E-state index in [1.165, 1.54) is 12.1 Å². The van der Waals surface area contributed by atoms with Gasteiger partial charge in [0, 0.05) is 36.1 Å². The standard InChI is InChI=1S/C18H19NO5S/c1-22-13-2-4-14(5-3-13)25(20,21)19-11-16-15-7-9-23-17(15)10-12-6-8-24-18(12)16/h2-5,10,19H,6-9,11H2,1H3. The minimum Gasteiger partial charge on any atom is -0.497 e. The Morgan fingerprint density at radius 3 is 2.64 bits per heavy atom. The largest absolute Gasteiger partial charge is 0.497 e. The van der Waals surface area contributed by atoms with Crippen molar-refractivity contribution in [2.75, 3.05) is 20.3 Å². The van der Waals surface area contributed by atoms with Gasteiger partial charge >= 0.3 is 0 Å². The van der Waals surface area contributed by atoms with Gasteiger partial charge in [0.15, 0.2) is 0 Å². The number of rotatable bonds is 5. The molecular formula is C18H19NO5S. The Morgan fingerprint density at radius 2 is 1.88 bits per heavy atom. The summed E-state index contributed by atoms with van der Waals surface area (Å²) in [6, 6.07) is 8.33. The van der Waals surface area contributed by atoms with Crippen molar-refractivity contribution in [3.8, 4) is 17.2 Å². The molecule has 0 atom stereocenters. The molecule has 132 valence electrons. The van der Waals surface area contributed by atoms with Crippen LogP contribution in [0.25, 0.3) is 0 Å². The van der Waals surface area contributed by atoms with Crippen LogP contribution in [0.3, 0.4) is 0 Å². The van der Waals surface area contributed by atoms with Crippen molar-refractivity contribution in [1.29, 1.82) is 0 Å². The zero-order valence-electron chi connectivity index (χ0n) is 13.9. The van der Waals surface area contributed by atoms with Gasteiger partial charge in [0.2, 0.25) is 10.0 Å². The van der Waals surface area contributed by atoms with Crippen LogP contribution in [0.2, 0.25) is 0 Å². The molecule has 0 aromatic heterocycles. The quantitative estimate of drug-likeness (QED) is 0.882. The number of fused-ring (bicyclic) bond motifs is 2. The fourth-order valence-electron chi connectivity index (χ4n) is 3.28. The molecule has 0 bridgehead atoms. The summed E-state index contributed by atoms with van der Waals surface area (Å²) in [5, 5.41) is 0. The Bertz CT molecular complexity index is 874. The number of nitrogens with one attached hydrogen (secondary N) is 1. The number of methoxy groups -OCH3 is 1. The van der Waals surface area contributed by atoms with Crippen molar-refractivity contribution in [1.82, 2.24) is 4.72 Å². The van der Waals surface area contributed by atoms with Crippen LogP contribution in [0.4, 0.5) is 0 Å². The first-order valence-electron chi connectivity index (χ1n) is 8.15. The van der Waals surface area contributed by atoms with Gasteiger partial charge in [0.05, 0.1) is 25.2 Å². The van der Waals surface area contributed by atoms with E-state index in [1.54, 1.807) is 19.2 Å². The summed E-state index contributed by atoms with van der Waals surface area (Å²) in [7, 11) is -2.08. The van der Waals surface area contributed by atoms with Gasteiger partial charge in [-0.15, -0.1) is 0 Å². The molecule has 2 heterocycles. The van der Waals surface area contributed by atoms with Crippen LogP contribution in [0, 0.1) is 0 Å². The first-order chi connectivity index (χ1) is 12.1. The van der Waals surface area contributed by atoms with E-state index < -0.39 is 10.0 Å². The van der Waals surface area contributed by atoms with Crippen LogP contribution < -0.4 is 18.9 Å². The number of benzene rings is 2. The Balaban J connectivity index is 1.61. The summed E-state index contributed by atoms with van der Waals surface area (Å²) < 4.78 is 44.3. The smallest absolute Gasteiger partial charge is 0.240 e. The van der Waals surface area contributed by atoms with Gasteiger partial charge in [0.25, 0.3) is 0 Å². The third kappa shape index (κ3) is 2.94. The predicted octanol–water partition coefficient (Wildman–Crippen LogP) is 2.04. The molecule has 0 spiro atoms. The second kappa shape index (κ2) is 6.24. The SMILES string of the molecule is COc1ccc(S(=O)(=O)NCc2c3c(cc4c2OCC4)OCC3)cc1. The Kier molecular flexibility index (Phi) is 4.05. The van der Waals surface area contributed by atoms with Crippen molar-refractivity contribution >= 4 is 10.0 Å². The van der Waals surface area contributed by atoms with Crippen molar-refractivity contribution < 1.29 is 22.6 Å². The van der Waals surface area contributed by atoms with Crippen molar-refractivity contribution in [2.45, 2.75) is 24.3 Å². The molecule has 0 saturated heterocycles. The van der Waals surface area contributed by atoms with Gasteiger partial charge in [-0.25, -0.2) is 13.1 Å². The van der Waals surface area contributed by atoms with Crippen LogP contribution in [-0.2, 0) is 29.4 Å². The molecule has 0 fully saturated rings. The highest BCUT2D eigenvalue weighted by Crippen LogP contribution is 2.40. The monoisotopic (exact) mass is 361 g/mol. The van der Waals surface area contributed by atoms with Gasteiger partial charge in [-0.2, -0.15) is 0 Å². The van der Waals surface area contributed by atoms with Gasteiger partial charge in [-0.05, 0) is 30.3 Å². The van der Waals surface area contributed by atoms with Crippen molar-refractivity contribution in [3.63, 3.8) is 0 Å². The van der Waals surface area contributed by atoms with Crippen LogP contribution in [0.5, 0.6) is 17.2 Å². The maximum atomic E-state index is 12.6. The third-order valence-electron chi connectivity index (χ3n) is 4.57. The van der Waals surface area contributed by atoms with E-state index in [4.69, 9.17) is 14.2 Å². The third-order valence-corrected chi connectivity index (χ3v) is 5.99. The Morgan fingerprint density at radius 1 is 1.12 bits per heavy atom. The fourth-order valence-corrected chi connectivity index (χ4v) is 4.27. The summed E-state index contributed by atoms with van der Waals surface area (Å²) in [5.74, 6) is 2.27. The van der Waals surface area contributed by atoms with E-state index in [1.807, 2.05) is 6.07 Å². The minimum absolute atomic E-state index is 0.184.